The summed E-state index contributed by atoms with van der Waals surface area (Å²) >= 11 is 0. The predicted molar refractivity (Wildman–Crippen MR) is 106 cm³/mol. The van der Waals surface area contributed by atoms with Crippen molar-refractivity contribution in [2.75, 3.05) is 13.2 Å². The zero-order valence-electron chi connectivity index (χ0n) is 15.4. The van der Waals surface area contributed by atoms with Gasteiger partial charge in [0, 0.05) is 6.42 Å². The van der Waals surface area contributed by atoms with Gasteiger partial charge in [-0.1, -0.05) is 42.5 Å². The van der Waals surface area contributed by atoms with Crippen molar-refractivity contribution in [1.29, 1.82) is 0 Å². The fourth-order valence-electron chi connectivity index (χ4n) is 2.57. The maximum atomic E-state index is 11.1. The number of ether oxygens (including phenoxy) is 3. The number of hydrogen-bond acceptors (Lipinski definition) is 4. The van der Waals surface area contributed by atoms with E-state index in [2.05, 4.69) is 0 Å². The van der Waals surface area contributed by atoms with Crippen molar-refractivity contribution >= 4 is 5.97 Å². The summed E-state index contributed by atoms with van der Waals surface area (Å²) in [5, 5.41) is 9.13. The van der Waals surface area contributed by atoms with Gasteiger partial charge < -0.3 is 19.3 Å². The Hall–Kier alpha value is -3.47. The van der Waals surface area contributed by atoms with E-state index in [9.17, 15) is 4.79 Å². The summed E-state index contributed by atoms with van der Waals surface area (Å²) in [6, 6.07) is 24.1. The highest BCUT2D eigenvalue weighted by atomic mass is 16.5. The van der Waals surface area contributed by atoms with Gasteiger partial charge in [-0.15, -0.1) is 0 Å². The van der Waals surface area contributed by atoms with Crippen LogP contribution < -0.4 is 14.2 Å². The molecule has 0 saturated carbocycles. The normalized spacial score (nSPS) is 10.3. The molecule has 3 aromatic rings. The summed E-state index contributed by atoms with van der Waals surface area (Å²) in [5.74, 6) is 0.902. The van der Waals surface area contributed by atoms with Crippen molar-refractivity contribution in [3.8, 4) is 17.2 Å². The molecule has 5 nitrogen and oxygen atoms in total. The van der Waals surface area contributed by atoms with E-state index in [0.29, 0.717) is 32.0 Å². The van der Waals surface area contributed by atoms with E-state index in [1.54, 1.807) is 18.2 Å². The van der Waals surface area contributed by atoms with E-state index in [1.165, 1.54) is 6.07 Å². The Labute approximate surface area is 164 Å². The van der Waals surface area contributed by atoms with Gasteiger partial charge in [0.1, 0.15) is 29.4 Å². The van der Waals surface area contributed by atoms with E-state index in [1.807, 2.05) is 54.6 Å². The molecule has 0 amide bonds. The summed E-state index contributed by atoms with van der Waals surface area (Å²) in [6.07, 6.45) is 0.639. The lowest BCUT2D eigenvalue weighted by atomic mass is 10.2. The minimum absolute atomic E-state index is 0.162. The number of carboxylic acids is 1. The third kappa shape index (κ3) is 5.77. The third-order valence-electron chi connectivity index (χ3n) is 4.00. The second-order valence-corrected chi connectivity index (χ2v) is 6.10. The number of benzene rings is 3. The largest absolute Gasteiger partial charge is 0.493 e. The zero-order valence-corrected chi connectivity index (χ0v) is 15.4. The number of para-hydroxylation sites is 1. The smallest absolute Gasteiger partial charge is 0.339 e. The van der Waals surface area contributed by atoms with Gasteiger partial charge in [-0.05, 0) is 42.0 Å². The van der Waals surface area contributed by atoms with Crippen LogP contribution in [-0.2, 0) is 6.61 Å². The molecule has 0 aliphatic rings. The van der Waals surface area contributed by atoms with Gasteiger partial charge in [-0.25, -0.2) is 4.79 Å². The summed E-state index contributed by atoms with van der Waals surface area (Å²) in [5.41, 5.74) is 1.28. The second-order valence-electron chi connectivity index (χ2n) is 6.10. The van der Waals surface area contributed by atoms with E-state index < -0.39 is 5.97 Å². The van der Waals surface area contributed by atoms with Crippen molar-refractivity contribution in [3.63, 3.8) is 0 Å². The lowest BCUT2D eigenvalue weighted by Crippen LogP contribution is -2.07. The van der Waals surface area contributed by atoms with Crippen LogP contribution in [0, 0.1) is 0 Å². The molecule has 0 atom stereocenters. The summed E-state index contributed by atoms with van der Waals surface area (Å²) in [4.78, 5) is 11.1. The first-order valence-corrected chi connectivity index (χ1v) is 9.07. The Morgan fingerprint density at radius 3 is 2.04 bits per heavy atom. The van der Waals surface area contributed by atoms with Gasteiger partial charge in [-0.2, -0.15) is 0 Å². The summed E-state index contributed by atoms with van der Waals surface area (Å²) in [6.45, 7) is 1.37. The fraction of sp³-hybridized carbons (Fsp3) is 0.174. The van der Waals surface area contributed by atoms with E-state index in [4.69, 9.17) is 19.3 Å². The quantitative estimate of drug-likeness (QED) is 0.513. The lowest BCUT2D eigenvalue weighted by molar-refractivity contribution is 0.0692. The Morgan fingerprint density at radius 1 is 0.714 bits per heavy atom. The number of carbonyl (C=O) groups is 1. The highest BCUT2D eigenvalue weighted by molar-refractivity contribution is 5.90. The van der Waals surface area contributed by atoms with Crippen LogP contribution in [0.25, 0.3) is 0 Å². The minimum atomic E-state index is -0.999. The topological polar surface area (TPSA) is 65.0 Å². The highest BCUT2D eigenvalue weighted by Gasteiger charge is 2.09. The Balaban J connectivity index is 1.38. The number of carboxylic acid groups (broad SMARTS) is 1. The van der Waals surface area contributed by atoms with Crippen LogP contribution >= 0.6 is 0 Å². The molecule has 3 aromatic carbocycles. The molecule has 0 aliphatic heterocycles. The SMILES string of the molecule is O=C(O)c1ccccc1OCCCOc1ccc(OCc2ccccc2)cc1. The first-order valence-electron chi connectivity index (χ1n) is 9.07. The maximum absolute atomic E-state index is 11.1. The molecule has 3 rings (SSSR count). The molecule has 0 heterocycles. The van der Waals surface area contributed by atoms with Crippen molar-refractivity contribution < 1.29 is 24.1 Å². The molecule has 0 spiro atoms. The Kier molecular flexibility index (Phi) is 6.90. The van der Waals surface area contributed by atoms with Gasteiger partial charge in [0.2, 0.25) is 0 Å². The van der Waals surface area contributed by atoms with Crippen LogP contribution in [-0.4, -0.2) is 24.3 Å². The molecule has 28 heavy (non-hydrogen) atoms. The molecule has 0 unspecified atom stereocenters. The molecular formula is C23H22O5. The van der Waals surface area contributed by atoms with Crippen molar-refractivity contribution in [1.82, 2.24) is 0 Å². The third-order valence-corrected chi connectivity index (χ3v) is 4.00. The first-order chi connectivity index (χ1) is 13.7. The van der Waals surface area contributed by atoms with Crippen LogP contribution in [0.1, 0.15) is 22.3 Å². The average molecular weight is 378 g/mol. The Morgan fingerprint density at radius 2 is 1.32 bits per heavy atom. The molecule has 144 valence electrons. The lowest BCUT2D eigenvalue weighted by Gasteiger charge is -2.10. The molecule has 1 N–H and O–H groups in total. The van der Waals surface area contributed by atoms with Gasteiger partial charge in [0.15, 0.2) is 0 Å². The van der Waals surface area contributed by atoms with Crippen LogP contribution in [0.3, 0.4) is 0 Å². The number of hydrogen-bond donors (Lipinski definition) is 1. The summed E-state index contributed by atoms with van der Waals surface area (Å²) in [7, 11) is 0. The van der Waals surface area contributed by atoms with Crippen molar-refractivity contribution in [3.05, 3.63) is 90.0 Å². The van der Waals surface area contributed by atoms with E-state index in [0.717, 1.165) is 17.1 Å². The standard InChI is InChI=1S/C23H22O5/c24-23(25)21-9-4-5-10-22(21)27-16-6-15-26-19-11-13-20(14-12-19)28-17-18-7-2-1-3-8-18/h1-5,7-14H,6,15-17H2,(H,24,25). The van der Waals surface area contributed by atoms with Crippen LogP contribution in [0.2, 0.25) is 0 Å². The van der Waals surface area contributed by atoms with E-state index >= 15 is 0 Å². The maximum Gasteiger partial charge on any atom is 0.339 e. The molecule has 0 aromatic heterocycles. The number of rotatable bonds is 10. The van der Waals surface area contributed by atoms with Crippen molar-refractivity contribution in [2.45, 2.75) is 13.0 Å². The average Bonchev–Trinajstić information content (AvgIpc) is 2.74. The zero-order chi connectivity index (χ0) is 19.6. The summed E-state index contributed by atoms with van der Waals surface area (Å²) < 4.78 is 17.0. The molecule has 0 aliphatic carbocycles. The fourth-order valence-corrected chi connectivity index (χ4v) is 2.57. The molecule has 0 bridgehead atoms. The van der Waals surface area contributed by atoms with E-state index in [-0.39, 0.29) is 5.56 Å². The van der Waals surface area contributed by atoms with Crippen LogP contribution in [0.15, 0.2) is 78.9 Å². The van der Waals surface area contributed by atoms with Crippen LogP contribution in [0.4, 0.5) is 0 Å². The van der Waals surface area contributed by atoms with Gasteiger partial charge in [0.25, 0.3) is 0 Å². The predicted octanol–water partition coefficient (Wildman–Crippen LogP) is 4.81. The molecule has 0 saturated heterocycles. The minimum Gasteiger partial charge on any atom is -0.493 e. The molecular weight excluding hydrogens is 356 g/mol. The first kappa shape index (κ1) is 19.3. The van der Waals surface area contributed by atoms with Gasteiger partial charge in [-0.3, -0.25) is 0 Å². The van der Waals surface area contributed by atoms with Crippen LogP contribution in [0.5, 0.6) is 17.2 Å². The molecule has 0 radical (unpaired) electrons. The van der Waals surface area contributed by atoms with Gasteiger partial charge >= 0.3 is 5.97 Å². The van der Waals surface area contributed by atoms with Crippen molar-refractivity contribution in [2.24, 2.45) is 0 Å². The number of aromatic carboxylic acids is 1. The van der Waals surface area contributed by atoms with Gasteiger partial charge in [0.05, 0.1) is 13.2 Å². The molecule has 0 fully saturated rings. The Bertz CT molecular complexity index is 875. The molecule has 5 heteroatoms. The monoisotopic (exact) mass is 378 g/mol. The second kappa shape index (κ2) is 10.0. The highest BCUT2D eigenvalue weighted by Crippen LogP contribution is 2.20.